The molecule has 0 saturated carbocycles. The van der Waals surface area contributed by atoms with E-state index in [2.05, 4.69) is 25.1 Å². The van der Waals surface area contributed by atoms with Crippen molar-refractivity contribution in [3.63, 3.8) is 0 Å². The van der Waals surface area contributed by atoms with Crippen molar-refractivity contribution in [2.45, 2.75) is 20.4 Å². The van der Waals surface area contributed by atoms with Crippen molar-refractivity contribution in [2.24, 2.45) is 0 Å². The summed E-state index contributed by atoms with van der Waals surface area (Å²) in [6.45, 7) is 4.28. The van der Waals surface area contributed by atoms with E-state index in [1.54, 1.807) is 18.3 Å². The van der Waals surface area contributed by atoms with E-state index < -0.39 is 0 Å². The van der Waals surface area contributed by atoms with Crippen molar-refractivity contribution >= 4 is 29.0 Å². The number of hydrogen-bond acceptors (Lipinski definition) is 2. The Bertz CT molecular complexity index is 865. The fourth-order valence-electron chi connectivity index (χ4n) is 2.72. The number of rotatable bonds is 5. The molecule has 1 heterocycles. The summed E-state index contributed by atoms with van der Waals surface area (Å²) in [6.07, 6.45) is 2.11. The Morgan fingerprint density at radius 1 is 0.960 bits per heavy atom. The molecule has 0 aliphatic heterocycles. The Hall–Kier alpha value is -2.65. The first-order chi connectivity index (χ1) is 12.1. The normalized spacial score (nSPS) is 11.4. The van der Waals surface area contributed by atoms with Crippen LogP contribution in [0.1, 0.15) is 27.8 Å². The molecule has 2 aromatic carbocycles. The first kappa shape index (κ1) is 17.2. The standard InChI is InChI=1S/C22H21NOS/c1-17-13-14-21(25-17)15-22(20-11-7-4-8-12-20)23(18(2)24)16-19-9-5-3-6-10-19/h3-15H,16H2,1-2H3/b22-15-. The molecule has 0 bridgehead atoms. The van der Waals surface area contributed by atoms with E-state index in [4.69, 9.17) is 0 Å². The van der Waals surface area contributed by atoms with Crippen LogP contribution in [0.2, 0.25) is 0 Å². The van der Waals surface area contributed by atoms with E-state index in [-0.39, 0.29) is 5.91 Å². The summed E-state index contributed by atoms with van der Waals surface area (Å²) in [5, 5.41) is 0. The second-order valence-corrected chi connectivity index (χ2v) is 7.25. The Labute approximate surface area is 153 Å². The van der Waals surface area contributed by atoms with Crippen LogP contribution in [0.25, 0.3) is 11.8 Å². The van der Waals surface area contributed by atoms with Crippen LogP contribution in [-0.2, 0) is 11.3 Å². The third-order valence-electron chi connectivity index (χ3n) is 3.96. The Morgan fingerprint density at radius 2 is 1.60 bits per heavy atom. The average molecular weight is 347 g/mol. The van der Waals surface area contributed by atoms with Crippen molar-refractivity contribution in [1.82, 2.24) is 4.90 Å². The average Bonchev–Trinajstić information content (AvgIpc) is 3.04. The summed E-state index contributed by atoms with van der Waals surface area (Å²) in [6, 6.07) is 24.4. The van der Waals surface area contributed by atoms with E-state index in [0.717, 1.165) is 21.7 Å². The van der Waals surface area contributed by atoms with Crippen molar-refractivity contribution in [3.05, 3.63) is 93.7 Å². The van der Waals surface area contributed by atoms with Gasteiger partial charge in [-0.2, -0.15) is 0 Å². The molecule has 0 atom stereocenters. The molecular weight excluding hydrogens is 326 g/mol. The predicted molar refractivity (Wildman–Crippen MR) is 106 cm³/mol. The molecule has 126 valence electrons. The van der Waals surface area contributed by atoms with Crippen LogP contribution in [0.3, 0.4) is 0 Å². The highest BCUT2D eigenvalue weighted by Gasteiger charge is 2.17. The molecular formula is C22H21NOS. The number of thiophene rings is 1. The second kappa shape index (κ2) is 7.95. The lowest BCUT2D eigenvalue weighted by molar-refractivity contribution is -0.126. The van der Waals surface area contributed by atoms with Crippen molar-refractivity contribution in [2.75, 3.05) is 0 Å². The molecule has 0 saturated heterocycles. The summed E-state index contributed by atoms with van der Waals surface area (Å²) in [7, 11) is 0. The minimum atomic E-state index is 0.0345. The summed E-state index contributed by atoms with van der Waals surface area (Å²) >= 11 is 1.73. The van der Waals surface area contributed by atoms with Crippen LogP contribution in [0.4, 0.5) is 0 Å². The lowest BCUT2D eigenvalue weighted by atomic mass is 10.1. The van der Waals surface area contributed by atoms with Crippen LogP contribution in [0, 0.1) is 6.92 Å². The van der Waals surface area contributed by atoms with Gasteiger partial charge in [-0.25, -0.2) is 0 Å². The lowest BCUT2D eigenvalue weighted by Gasteiger charge is -2.25. The fourth-order valence-corrected chi connectivity index (χ4v) is 3.54. The van der Waals surface area contributed by atoms with Gasteiger partial charge in [0.1, 0.15) is 0 Å². The molecule has 1 amide bonds. The predicted octanol–water partition coefficient (Wildman–Crippen LogP) is 5.60. The molecule has 3 aromatic rings. The van der Waals surface area contributed by atoms with E-state index in [1.807, 2.05) is 65.6 Å². The van der Waals surface area contributed by atoms with Gasteiger partial charge in [-0.3, -0.25) is 4.79 Å². The van der Waals surface area contributed by atoms with E-state index in [0.29, 0.717) is 6.54 Å². The number of aryl methyl sites for hydroxylation is 1. The van der Waals surface area contributed by atoms with Gasteiger partial charge in [-0.1, -0.05) is 60.7 Å². The Kier molecular flexibility index (Phi) is 5.46. The van der Waals surface area contributed by atoms with Crippen molar-refractivity contribution < 1.29 is 4.79 Å². The zero-order valence-electron chi connectivity index (χ0n) is 14.5. The molecule has 0 unspecified atom stereocenters. The van der Waals surface area contributed by atoms with Gasteiger partial charge < -0.3 is 4.90 Å². The number of hydrogen-bond donors (Lipinski definition) is 0. The van der Waals surface area contributed by atoms with Crippen LogP contribution in [0.15, 0.2) is 72.8 Å². The minimum absolute atomic E-state index is 0.0345. The van der Waals surface area contributed by atoms with E-state index >= 15 is 0 Å². The zero-order chi connectivity index (χ0) is 17.6. The van der Waals surface area contributed by atoms with Gasteiger partial charge in [0.25, 0.3) is 0 Å². The quantitative estimate of drug-likeness (QED) is 0.588. The smallest absolute Gasteiger partial charge is 0.224 e. The van der Waals surface area contributed by atoms with Crippen LogP contribution in [-0.4, -0.2) is 10.8 Å². The van der Waals surface area contributed by atoms with Gasteiger partial charge in [0.15, 0.2) is 0 Å². The summed E-state index contributed by atoms with van der Waals surface area (Å²) < 4.78 is 0. The summed E-state index contributed by atoms with van der Waals surface area (Å²) in [5.74, 6) is 0.0345. The van der Waals surface area contributed by atoms with Crippen molar-refractivity contribution in [1.29, 1.82) is 0 Å². The van der Waals surface area contributed by atoms with Gasteiger partial charge in [-0.15, -0.1) is 11.3 Å². The van der Waals surface area contributed by atoms with E-state index in [9.17, 15) is 4.79 Å². The number of nitrogens with zero attached hydrogens (tertiary/aromatic N) is 1. The lowest BCUT2D eigenvalue weighted by Crippen LogP contribution is -2.26. The molecule has 2 nitrogen and oxygen atoms in total. The second-order valence-electron chi connectivity index (χ2n) is 5.93. The highest BCUT2D eigenvalue weighted by atomic mass is 32.1. The molecule has 0 fully saturated rings. The minimum Gasteiger partial charge on any atom is -0.308 e. The molecule has 25 heavy (non-hydrogen) atoms. The Morgan fingerprint density at radius 3 is 2.16 bits per heavy atom. The topological polar surface area (TPSA) is 20.3 Å². The Balaban J connectivity index is 2.04. The van der Waals surface area contributed by atoms with Crippen LogP contribution in [0.5, 0.6) is 0 Å². The highest BCUT2D eigenvalue weighted by molar-refractivity contribution is 7.12. The fraction of sp³-hybridized carbons (Fsp3) is 0.136. The molecule has 3 rings (SSSR count). The number of carbonyl (C=O) groups is 1. The van der Waals surface area contributed by atoms with Gasteiger partial charge in [0, 0.05) is 16.7 Å². The van der Waals surface area contributed by atoms with Crippen molar-refractivity contribution in [3.8, 4) is 0 Å². The van der Waals surface area contributed by atoms with Crippen LogP contribution < -0.4 is 0 Å². The van der Waals surface area contributed by atoms with Gasteiger partial charge in [0.2, 0.25) is 5.91 Å². The molecule has 0 aliphatic carbocycles. The molecule has 3 heteroatoms. The molecule has 0 aliphatic rings. The van der Waals surface area contributed by atoms with Gasteiger partial charge in [-0.05, 0) is 36.3 Å². The molecule has 0 radical (unpaired) electrons. The van der Waals surface area contributed by atoms with E-state index in [1.165, 1.54) is 4.88 Å². The number of benzene rings is 2. The highest BCUT2D eigenvalue weighted by Crippen LogP contribution is 2.27. The SMILES string of the molecule is CC(=O)N(Cc1ccccc1)/C(=C\c1ccc(C)s1)c1ccccc1. The molecule has 0 spiro atoms. The maximum absolute atomic E-state index is 12.4. The first-order valence-corrected chi connectivity index (χ1v) is 9.11. The third-order valence-corrected chi connectivity index (χ3v) is 4.91. The maximum atomic E-state index is 12.4. The number of carbonyl (C=O) groups excluding carboxylic acids is 1. The third kappa shape index (κ3) is 4.46. The number of amides is 1. The van der Waals surface area contributed by atoms with Gasteiger partial charge in [0.05, 0.1) is 12.2 Å². The first-order valence-electron chi connectivity index (χ1n) is 8.29. The zero-order valence-corrected chi connectivity index (χ0v) is 15.3. The molecule has 1 aromatic heterocycles. The monoisotopic (exact) mass is 347 g/mol. The maximum Gasteiger partial charge on any atom is 0.224 e. The summed E-state index contributed by atoms with van der Waals surface area (Å²) in [5.41, 5.74) is 3.08. The van der Waals surface area contributed by atoms with Crippen LogP contribution >= 0.6 is 11.3 Å². The molecule has 0 N–H and O–H groups in total. The van der Waals surface area contributed by atoms with Gasteiger partial charge >= 0.3 is 0 Å². The largest absolute Gasteiger partial charge is 0.308 e. The summed E-state index contributed by atoms with van der Waals surface area (Å²) in [4.78, 5) is 16.7.